The molecule has 1 fully saturated rings. The second-order valence-electron chi connectivity index (χ2n) is 6.14. The van der Waals surface area contributed by atoms with E-state index in [0.717, 1.165) is 0 Å². The first-order valence-corrected chi connectivity index (χ1v) is 6.11. The number of rotatable bonds is 2. The SMILES string of the molecule is C/C(=C/C1C(C)(C)C1(C)C)c1ccccc1. The van der Waals surface area contributed by atoms with E-state index >= 15 is 0 Å². The van der Waals surface area contributed by atoms with Gasteiger partial charge in [-0.3, -0.25) is 0 Å². The molecule has 86 valence electrons. The molecule has 0 bridgehead atoms. The Labute approximate surface area is 99.4 Å². The molecule has 1 aromatic carbocycles. The van der Waals surface area contributed by atoms with Crippen molar-refractivity contribution < 1.29 is 0 Å². The summed E-state index contributed by atoms with van der Waals surface area (Å²) >= 11 is 0. The van der Waals surface area contributed by atoms with Gasteiger partial charge in [-0.1, -0.05) is 64.1 Å². The summed E-state index contributed by atoms with van der Waals surface area (Å²) in [7, 11) is 0. The maximum absolute atomic E-state index is 2.45. The van der Waals surface area contributed by atoms with E-state index in [2.05, 4.69) is 71.0 Å². The molecule has 0 radical (unpaired) electrons. The van der Waals surface area contributed by atoms with Crippen molar-refractivity contribution in [3.8, 4) is 0 Å². The molecule has 0 atom stereocenters. The summed E-state index contributed by atoms with van der Waals surface area (Å²) in [6, 6.07) is 10.7. The molecule has 0 saturated heterocycles. The minimum Gasteiger partial charge on any atom is -0.0768 e. The van der Waals surface area contributed by atoms with Crippen molar-refractivity contribution in [2.24, 2.45) is 16.7 Å². The highest BCUT2D eigenvalue weighted by atomic mass is 14.7. The molecule has 16 heavy (non-hydrogen) atoms. The number of hydrogen-bond donors (Lipinski definition) is 0. The first kappa shape index (κ1) is 11.4. The van der Waals surface area contributed by atoms with E-state index in [9.17, 15) is 0 Å². The molecule has 0 spiro atoms. The van der Waals surface area contributed by atoms with Gasteiger partial charge in [-0.2, -0.15) is 0 Å². The predicted octanol–water partition coefficient (Wildman–Crippen LogP) is 4.77. The summed E-state index contributed by atoms with van der Waals surface area (Å²) in [5.74, 6) is 0.709. The first-order chi connectivity index (χ1) is 7.37. The number of benzene rings is 1. The van der Waals surface area contributed by atoms with Gasteiger partial charge in [0.2, 0.25) is 0 Å². The Morgan fingerprint density at radius 3 is 1.94 bits per heavy atom. The van der Waals surface area contributed by atoms with Crippen molar-refractivity contribution in [2.45, 2.75) is 34.6 Å². The molecule has 1 aliphatic rings. The van der Waals surface area contributed by atoms with Gasteiger partial charge >= 0.3 is 0 Å². The summed E-state index contributed by atoms with van der Waals surface area (Å²) in [6.45, 7) is 11.7. The lowest BCUT2D eigenvalue weighted by Crippen LogP contribution is -1.95. The summed E-state index contributed by atoms with van der Waals surface area (Å²) < 4.78 is 0. The average Bonchev–Trinajstić information content (AvgIpc) is 2.62. The standard InChI is InChI=1S/C16H22/c1-12(13-9-7-6-8-10-13)11-14-15(2,3)16(14,4)5/h6-11,14H,1-5H3/b12-11-. The minimum atomic E-state index is 0.447. The smallest absolute Gasteiger partial charge is 0.0114 e. The Hall–Kier alpha value is -1.04. The second-order valence-corrected chi connectivity index (χ2v) is 6.14. The van der Waals surface area contributed by atoms with Crippen LogP contribution in [-0.2, 0) is 0 Å². The topological polar surface area (TPSA) is 0 Å². The van der Waals surface area contributed by atoms with Crippen LogP contribution in [0.5, 0.6) is 0 Å². The molecule has 0 amide bonds. The van der Waals surface area contributed by atoms with Crippen LogP contribution in [0.4, 0.5) is 0 Å². The molecule has 0 aliphatic heterocycles. The van der Waals surface area contributed by atoms with Gasteiger partial charge in [0, 0.05) is 0 Å². The van der Waals surface area contributed by atoms with Crippen LogP contribution in [0, 0.1) is 16.7 Å². The van der Waals surface area contributed by atoms with Gasteiger partial charge in [0.05, 0.1) is 0 Å². The Balaban J connectivity index is 2.22. The molecule has 0 nitrogen and oxygen atoms in total. The van der Waals surface area contributed by atoms with Crippen LogP contribution in [-0.4, -0.2) is 0 Å². The third kappa shape index (κ3) is 1.61. The zero-order chi connectivity index (χ0) is 12.0. The highest BCUT2D eigenvalue weighted by Gasteiger charge is 2.63. The lowest BCUT2D eigenvalue weighted by Gasteiger charge is -2.03. The fourth-order valence-corrected chi connectivity index (χ4v) is 2.71. The summed E-state index contributed by atoms with van der Waals surface area (Å²) in [5, 5.41) is 0. The monoisotopic (exact) mass is 214 g/mol. The van der Waals surface area contributed by atoms with E-state index in [0.29, 0.717) is 16.7 Å². The Morgan fingerprint density at radius 1 is 1.00 bits per heavy atom. The fourth-order valence-electron chi connectivity index (χ4n) is 2.71. The van der Waals surface area contributed by atoms with Crippen LogP contribution in [0.15, 0.2) is 36.4 Å². The van der Waals surface area contributed by atoms with E-state index < -0.39 is 0 Å². The quantitative estimate of drug-likeness (QED) is 0.665. The molecule has 1 aliphatic carbocycles. The van der Waals surface area contributed by atoms with Crippen molar-refractivity contribution in [3.63, 3.8) is 0 Å². The lowest BCUT2D eigenvalue weighted by molar-refractivity contribution is 0.457. The molecule has 0 unspecified atom stereocenters. The summed E-state index contributed by atoms with van der Waals surface area (Å²) in [4.78, 5) is 0. The highest BCUT2D eigenvalue weighted by molar-refractivity contribution is 5.64. The maximum Gasteiger partial charge on any atom is -0.0114 e. The number of allylic oxidation sites excluding steroid dienone is 2. The first-order valence-electron chi connectivity index (χ1n) is 6.11. The molecule has 0 N–H and O–H groups in total. The molecule has 1 saturated carbocycles. The van der Waals surface area contributed by atoms with Crippen LogP contribution < -0.4 is 0 Å². The van der Waals surface area contributed by atoms with Crippen molar-refractivity contribution >= 4 is 5.57 Å². The van der Waals surface area contributed by atoms with Gasteiger partial charge in [-0.05, 0) is 34.8 Å². The maximum atomic E-state index is 2.45. The van der Waals surface area contributed by atoms with E-state index in [1.54, 1.807) is 0 Å². The highest BCUT2D eigenvalue weighted by Crippen LogP contribution is 2.69. The molecular weight excluding hydrogens is 192 g/mol. The van der Waals surface area contributed by atoms with E-state index in [1.165, 1.54) is 11.1 Å². The van der Waals surface area contributed by atoms with Crippen LogP contribution in [0.1, 0.15) is 40.2 Å². The normalized spacial score (nSPS) is 23.2. The summed E-state index contributed by atoms with van der Waals surface area (Å²) in [5.41, 5.74) is 3.65. The van der Waals surface area contributed by atoms with Gasteiger partial charge in [-0.25, -0.2) is 0 Å². The fraction of sp³-hybridized carbons (Fsp3) is 0.500. The zero-order valence-electron chi connectivity index (χ0n) is 11.0. The van der Waals surface area contributed by atoms with Crippen molar-refractivity contribution in [1.29, 1.82) is 0 Å². The summed E-state index contributed by atoms with van der Waals surface area (Å²) in [6.07, 6.45) is 2.45. The lowest BCUT2D eigenvalue weighted by atomic mass is 10.0. The molecule has 0 heterocycles. The molecule has 1 aromatic rings. The molecule has 0 aromatic heterocycles. The van der Waals surface area contributed by atoms with E-state index in [4.69, 9.17) is 0 Å². The number of hydrogen-bond acceptors (Lipinski definition) is 0. The Morgan fingerprint density at radius 2 is 1.50 bits per heavy atom. The van der Waals surface area contributed by atoms with Crippen LogP contribution in [0.3, 0.4) is 0 Å². The molecule has 0 heteroatoms. The van der Waals surface area contributed by atoms with Crippen molar-refractivity contribution in [2.75, 3.05) is 0 Å². The van der Waals surface area contributed by atoms with Gasteiger partial charge in [0.25, 0.3) is 0 Å². The van der Waals surface area contributed by atoms with Crippen molar-refractivity contribution in [1.82, 2.24) is 0 Å². The third-order valence-electron chi connectivity index (χ3n) is 4.78. The van der Waals surface area contributed by atoms with E-state index in [1.807, 2.05) is 0 Å². The largest absolute Gasteiger partial charge is 0.0768 e. The molecular formula is C16H22. The van der Waals surface area contributed by atoms with Gasteiger partial charge < -0.3 is 0 Å². The van der Waals surface area contributed by atoms with Gasteiger partial charge in [0.1, 0.15) is 0 Å². The zero-order valence-corrected chi connectivity index (χ0v) is 11.0. The minimum absolute atomic E-state index is 0.447. The Bertz CT molecular complexity index is 393. The van der Waals surface area contributed by atoms with Gasteiger partial charge in [0.15, 0.2) is 0 Å². The van der Waals surface area contributed by atoms with Crippen molar-refractivity contribution in [3.05, 3.63) is 42.0 Å². The van der Waals surface area contributed by atoms with Crippen LogP contribution in [0.25, 0.3) is 5.57 Å². The van der Waals surface area contributed by atoms with Crippen LogP contribution >= 0.6 is 0 Å². The molecule has 2 rings (SSSR count). The third-order valence-corrected chi connectivity index (χ3v) is 4.78. The average molecular weight is 214 g/mol. The second kappa shape index (κ2) is 3.48. The van der Waals surface area contributed by atoms with Crippen LogP contribution in [0.2, 0.25) is 0 Å². The predicted molar refractivity (Wildman–Crippen MR) is 71.1 cm³/mol. The van der Waals surface area contributed by atoms with E-state index in [-0.39, 0.29) is 0 Å². The Kier molecular flexibility index (Phi) is 2.49. The van der Waals surface area contributed by atoms with Gasteiger partial charge in [-0.15, -0.1) is 0 Å².